The van der Waals surface area contributed by atoms with Crippen molar-refractivity contribution >= 4 is 22.6 Å². The molecule has 4 rings (SSSR count). The maximum Gasteiger partial charge on any atom is 0.573 e. The number of benzene rings is 1. The Morgan fingerprint density at radius 2 is 1.92 bits per heavy atom. The van der Waals surface area contributed by atoms with Gasteiger partial charge in [0.1, 0.15) is 23.9 Å². The van der Waals surface area contributed by atoms with E-state index in [0.717, 1.165) is 45.2 Å². The number of anilines is 1. The molecule has 2 heterocycles. The highest BCUT2D eigenvalue weighted by atomic mass is 19.4. The Morgan fingerprint density at radius 1 is 1.14 bits per heavy atom. The van der Waals surface area contributed by atoms with Crippen molar-refractivity contribution in [3.05, 3.63) is 24.5 Å². The maximum atomic E-state index is 13.5. The van der Waals surface area contributed by atoms with Crippen molar-refractivity contribution < 1.29 is 22.7 Å². The van der Waals surface area contributed by atoms with Crippen molar-refractivity contribution in [3.63, 3.8) is 0 Å². The first-order valence-corrected chi connectivity index (χ1v) is 13.1. The predicted octanol–water partition coefficient (Wildman–Crippen LogP) is 5.22. The van der Waals surface area contributed by atoms with Crippen molar-refractivity contribution in [1.29, 1.82) is 0 Å². The zero-order valence-corrected chi connectivity index (χ0v) is 21.2. The third-order valence-electron chi connectivity index (χ3n) is 7.69. The Bertz CT molecular complexity index is 1050. The molecule has 1 saturated heterocycles. The van der Waals surface area contributed by atoms with Gasteiger partial charge in [-0.2, -0.15) is 0 Å². The van der Waals surface area contributed by atoms with Crippen LogP contribution >= 0.6 is 0 Å². The standard InChI is InChI=1S/C26H36F3N5O2/c1-4-7-17-14-18(33(5-2)6-3)8-11-23(17)34-13-12-22(25(34)35)32-24-20-15-19(36-26(27,28)29)9-10-21(20)30-16-31-24/h9-10,15-18,22-23H,4-8,11-14H2,1-3H3,(H,30,31,32)/t17-,18-,22?,23+/m1/s1. The Hall–Kier alpha value is -2.62. The highest BCUT2D eigenvalue weighted by Gasteiger charge is 2.42. The topological polar surface area (TPSA) is 70.6 Å². The molecule has 36 heavy (non-hydrogen) atoms. The second kappa shape index (κ2) is 11.2. The molecule has 0 radical (unpaired) electrons. The Morgan fingerprint density at radius 3 is 2.61 bits per heavy atom. The number of fused-ring (bicyclic) bond motifs is 1. The molecule has 4 atom stereocenters. The van der Waals surface area contributed by atoms with E-state index in [2.05, 4.69) is 45.7 Å². The number of rotatable bonds is 9. The van der Waals surface area contributed by atoms with E-state index in [1.54, 1.807) is 0 Å². The van der Waals surface area contributed by atoms with E-state index in [4.69, 9.17) is 0 Å². The molecule has 198 valence electrons. The summed E-state index contributed by atoms with van der Waals surface area (Å²) < 4.78 is 42.2. The number of carbonyl (C=O) groups excluding carboxylic acids is 1. The summed E-state index contributed by atoms with van der Waals surface area (Å²) >= 11 is 0. The number of amides is 1. The number of hydrogen-bond acceptors (Lipinski definition) is 6. The van der Waals surface area contributed by atoms with Crippen molar-refractivity contribution in [2.45, 2.75) is 83.8 Å². The van der Waals surface area contributed by atoms with E-state index >= 15 is 0 Å². The lowest BCUT2D eigenvalue weighted by atomic mass is 9.78. The molecule has 1 saturated carbocycles. The molecule has 1 aliphatic carbocycles. The fraction of sp³-hybridized carbons (Fsp3) is 0.654. The molecule has 2 aromatic rings. The van der Waals surface area contributed by atoms with E-state index in [1.165, 1.54) is 24.5 Å². The largest absolute Gasteiger partial charge is 0.573 e. The Labute approximate surface area is 210 Å². The molecule has 1 unspecified atom stereocenters. The second-order valence-electron chi connectivity index (χ2n) is 9.77. The summed E-state index contributed by atoms with van der Waals surface area (Å²) in [7, 11) is 0. The molecule has 1 N–H and O–H groups in total. The van der Waals surface area contributed by atoms with Crippen molar-refractivity contribution in [2.75, 3.05) is 25.0 Å². The number of hydrogen-bond donors (Lipinski definition) is 1. The minimum atomic E-state index is -4.79. The van der Waals surface area contributed by atoms with Gasteiger partial charge in [0.15, 0.2) is 0 Å². The van der Waals surface area contributed by atoms with Crippen LogP contribution in [0.5, 0.6) is 5.75 Å². The van der Waals surface area contributed by atoms with Crippen LogP contribution in [0.25, 0.3) is 10.9 Å². The Kier molecular flexibility index (Phi) is 8.22. The van der Waals surface area contributed by atoms with Crippen molar-refractivity contribution in [1.82, 2.24) is 19.8 Å². The number of likely N-dealkylation sites (tertiary alicyclic amines) is 1. The van der Waals surface area contributed by atoms with Gasteiger partial charge in [-0.15, -0.1) is 13.2 Å². The summed E-state index contributed by atoms with van der Waals surface area (Å²) in [5.74, 6) is 0.499. The lowest BCUT2D eigenvalue weighted by molar-refractivity contribution is -0.274. The highest BCUT2D eigenvalue weighted by Crippen LogP contribution is 2.37. The summed E-state index contributed by atoms with van der Waals surface area (Å²) in [6.45, 7) is 9.37. The average Bonchev–Trinajstić information content (AvgIpc) is 3.19. The number of halogens is 3. The van der Waals surface area contributed by atoms with Crippen LogP contribution in [0.1, 0.15) is 59.3 Å². The third-order valence-corrected chi connectivity index (χ3v) is 7.69. The number of aromatic nitrogens is 2. The number of ether oxygens (including phenoxy) is 1. The predicted molar refractivity (Wildman–Crippen MR) is 133 cm³/mol. The molecule has 1 amide bonds. The number of carbonyl (C=O) groups is 1. The zero-order valence-electron chi connectivity index (χ0n) is 21.2. The first-order valence-electron chi connectivity index (χ1n) is 13.1. The van der Waals surface area contributed by atoms with Gasteiger partial charge in [0, 0.05) is 24.0 Å². The second-order valence-corrected chi connectivity index (χ2v) is 9.77. The first-order chi connectivity index (χ1) is 17.2. The molecule has 2 aliphatic rings. The van der Waals surface area contributed by atoms with E-state index < -0.39 is 12.4 Å². The van der Waals surface area contributed by atoms with Crippen LogP contribution in [0.2, 0.25) is 0 Å². The van der Waals surface area contributed by atoms with Crippen LogP contribution in [0.3, 0.4) is 0 Å². The van der Waals surface area contributed by atoms with Gasteiger partial charge in [-0.25, -0.2) is 9.97 Å². The third kappa shape index (κ3) is 5.85. The molecule has 2 fully saturated rings. The molecule has 1 aromatic carbocycles. The van der Waals surface area contributed by atoms with Crippen LogP contribution in [-0.2, 0) is 4.79 Å². The van der Waals surface area contributed by atoms with E-state index in [0.29, 0.717) is 41.6 Å². The van der Waals surface area contributed by atoms with Crippen molar-refractivity contribution in [3.8, 4) is 5.75 Å². The van der Waals surface area contributed by atoms with Gasteiger partial charge in [-0.1, -0.05) is 27.2 Å². The van der Waals surface area contributed by atoms with Crippen LogP contribution in [0.4, 0.5) is 19.0 Å². The number of nitrogens with zero attached hydrogens (tertiary/aromatic N) is 4. The molecule has 7 nitrogen and oxygen atoms in total. The number of alkyl halides is 3. The smallest absolute Gasteiger partial charge is 0.406 e. The molecular weight excluding hydrogens is 471 g/mol. The van der Waals surface area contributed by atoms with Gasteiger partial charge in [-0.3, -0.25) is 4.79 Å². The van der Waals surface area contributed by atoms with Crippen LogP contribution < -0.4 is 10.1 Å². The van der Waals surface area contributed by atoms with E-state index in [-0.39, 0.29) is 17.7 Å². The van der Waals surface area contributed by atoms with E-state index in [1.807, 2.05) is 4.90 Å². The van der Waals surface area contributed by atoms with E-state index in [9.17, 15) is 18.0 Å². The van der Waals surface area contributed by atoms with Gasteiger partial charge >= 0.3 is 6.36 Å². The minimum Gasteiger partial charge on any atom is -0.406 e. The zero-order chi connectivity index (χ0) is 25.9. The Balaban J connectivity index is 1.49. The fourth-order valence-corrected chi connectivity index (χ4v) is 6.06. The monoisotopic (exact) mass is 507 g/mol. The highest BCUT2D eigenvalue weighted by molar-refractivity contribution is 5.93. The molecule has 0 spiro atoms. The van der Waals surface area contributed by atoms with Gasteiger partial charge < -0.3 is 19.9 Å². The van der Waals surface area contributed by atoms with Gasteiger partial charge in [0.25, 0.3) is 0 Å². The summed E-state index contributed by atoms with van der Waals surface area (Å²) in [5.41, 5.74) is 0.474. The van der Waals surface area contributed by atoms with Crippen LogP contribution in [0, 0.1) is 5.92 Å². The van der Waals surface area contributed by atoms with Gasteiger partial charge in [0.05, 0.1) is 5.52 Å². The number of nitrogens with one attached hydrogen (secondary N) is 1. The van der Waals surface area contributed by atoms with Crippen LogP contribution in [-0.4, -0.2) is 69.8 Å². The SMILES string of the molecule is CCC[C@@H]1C[C@H](N(CC)CC)CC[C@@H]1N1CCC(Nc2ncnc3ccc(OC(F)(F)F)cc23)C1=O. The lowest BCUT2D eigenvalue weighted by Crippen LogP contribution is -2.50. The molecule has 10 heteroatoms. The molecule has 0 bridgehead atoms. The summed E-state index contributed by atoms with van der Waals surface area (Å²) in [4.78, 5) is 26.5. The summed E-state index contributed by atoms with van der Waals surface area (Å²) in [6.07, 6.45) is 2.56. The summed E-state index contributed by atoms with van der Waals surface area (Å²) in [6, 6.07) is 4.25. The summed E-state index contributed by atoms with van der Waals surface area (Å²) in [5, 5.41) is 3.58. The van der Waals surface area contributed by atoms with Gasteiger partial charge in [-0.05, 0) is 69.3 Å². The molecule has 1 aromatic heterocycles. The first kappa shape index (κ1) is 26.4. The molecule has 1 aliphatic heterocycles. The maximum absolute atomic E-state index is 13.5. The minimum absolute atomic E-state index is 0.0388. The molecular formula is C26H36F3N5O2. The van der Waals surface area contributed by atoms with Crippen LogP contribution in [0.15, 0.2) is 24.5 Å². The van der Waals surface area contributed by atoms with Gasteiger partial charge in [0.2, 0.25) is 5.91 Å². The normalized spacial score (nSPS) is 25.1. The quantitative estimate of drug-likeness (QED) is 0.502. The fourth-order valence-electron chi connectivity index (χ4n) is 6.06. The average molecular weight is 508 g/mol. The van der Waals surface area contributed by atoms with Crippen molar-refractivity contribution in [2.24, 2.45) is 5.92 Å². The lowest BCUT2D eigenvalue weighted by Gasteiger charge is -2.44.